The monoisotopic (exact) mass is 248 g/mol. The topological polar surface area (TPSA) is 80.1 Å². The molecule has 6 heteroatoms. The van der Waals surface area contributed by atoms with Crippen LogP contribution in [0.5, 0.6) is 0 Å². The smallest absolute Gasteiger partial charge is 0.310 e. The third-order valence-corrected chi connectivity index (χ3v) is 2.92. The molecule has 2 heterocycles. The molecule has 0 radical (unpaired) electrons. The lowest BCUT2D eigenvalue weighted by Crippen LogP contribution is -2.21. The van der Waals surface area contributed by atoms with Gasteiger partial charge in [-0.1, -0.05) is 11.6 Å². The Balaban J connectivity index is 1.90. The van der Waals surface area contributed by atoms with E-state index in [4.69, 9.17) is 0 Å². The highest BCUT2D eigenvalue weighted by molar-refractivity contribution is 5.59. The van der Waals surface area contributed by atoms with Crippen molar-refractivity contribution in [2.45, 2.75) is 12.8 Å². The molecule has 2 N–H and O–H groups in total. The van der Waals surface area contributed by atoms with Gasteiger partial charge in [0.15, 0.2) is 0 Å². The first-order valence-corrected chi connectivity index (χ1v) is 5.98. The Labute approximate surface area is 105 Å². The van der Waals surface area contributed by atoms with Crippen molar-refractivity contribution in [1.29, 1.82) is 0 Å². The van der Waals surface area contributed by atoms with Gasteiger partial charge in [0.1, 0.15) is 11.9 Å². The largest absolute Gasteiger partial charge is 0.379 e. The zero-order chi connectivity index (χ0) is 12.8. The van der Waals surface area contributed by atoms with Crippen molar-refractivity contribution in [3.63, 3.8) is 0 Å². The minimum absolute atomic E-state index is 0.0248. The molecule has 1 aromatic rings. The van der Waals surface area contributed by atoms with Crippen LogP contribution in [0.3, 0.4) is 0 Å². The van der Waals surface area contributed by atoms with E-state index in [-0.39, 0.29) is 5.69 Å². The molecular weight excluding hydrogens is 232 g/mol. The van der Waals surface area contributed by atoms with E-state index in [1.807, 2.05) is 0 Å². The Morgan fingerprint density at radius 3 is 3.17 bits per heavy atom. The van der Waals surface area contributed by atoms with Gasteiger partial charge in [-0.15, -0.1) is 0 Å². The van der Waals surface area contributed by atoms with Crippen LogP contribution < -0.4 is 10.6 Å². The normalized spacial score (nSPS) is 15.0. The number of nitro groups is 1. The SMILES string of the molecule is O=[N+]([O-])c1cnccc1NCCC1=CCNCC1. The van der Waals surface area contributed by atoms with Gasteiger partial charge in [-0.3, -0.25) is 15.1 Å². The molecule has 1 aliphatic heterocycles. The number of hydrogen-bond donors (Lipinski definition) is 2. The van der Waals surface area contributed by atoms with E-state index < -0.39 is 4.92 Å². The van der Waals surface area contributed by atoms with Gasteiger partial charge in [0, 0.05) is 19.3 Å². The molecule has 0 saturated carbocycles. The van der Waals surface area contributed by atoms with Crippen LogP contribution >= 0.6 is 0 Å². The molecule has 0 spiro atoms. The molecule has 0 aromatic carbocycles. The van der Waals surface area contributed by atoms with Gasteiger partial charge in [-0.05, 0) is 25.5 Å². The minimum atomic E-state index is -0.418. The van der Waals surface area contributed by atoms with Crippen molar-refractivity contribution in [1.82, 2.24) is 10.3 Å². The molecule has 0 atom stereocenters. The lowest BCUT2D eigenvalue weighted by molar-refractivity contribution is -0.384. The van der Waals surface area contributed by atoms with E-state index in [0.717, 1.165) is 25.9 Å². The van der Waals surface area contributed by atoms with E-state index in [1.54, 1.807) is 12.3 Å². The number of anilines is 1. The Morgan fingerprint density at radius 1 is 1.56 bits per heavy atom. The summed E-state index contributed by atoms with van der Waals surface area (Å²) >= 11 is 0. The minimum Gasteiger partial charge on any atom is -0.379 e. The standard InChI is InChI=1S/C12H16N4O2/c17-16(18)12-9-14-7-4-11(12)15-8-3-10-1-5-13-6-2-10/h1,4,7,9,13H,2-3,5-6,8H2,(H,14,15). The molecule has 0 aliphatic carbocycles. The molecule has 0 amide bonds. The van der Waals surface area contributed by atoms with E-state index >= 15 is 0 Å². The van der Waals surface area contributed by atoms with Gasteiger partial charge in [0.05, 0.1) is 4.92 Å². The summed E-state index contributed by atoms with van der Waals surface area (Å²) in [4.78, 5) is 14.1. The van der Waals surface area contributed by atoms with Crippen molar-refractivity contribution in [2.24, 2.45) is 0 Å². The summed E-state index contributed by atoms with van der Waals surface area (Å²) in [6, 6.07) is 1.63. The van der Waals surface area contributed by atoms with Crippen molar-refractivity contribution in [2.75, 3.05) is 25.0 Å². The summed E-state index contributed by atoms with van der Waals surface area (Å²) in [5.74, 6) is 0. The van der Waals surface area contributed by atoms with Gasteiger partial charge in [-0.2, -0.15) is 0 Å². The van der Waals surface area contributed by atoms with Crippen LogP contribution in [0.1, 0.15) is 12.8 Å². The molecule has 96 valence electrons. The average Bonchev–Trinajstić information content (AvgIpc) is 2.40. The fraction of sp³-hybridized carbons (Fsp3) is 0.417. The maximum absolute atomic E-state index is 10.8. The highest BCUT2D eigenvalue weighted by atomic mass is 16.6. The van der Waals surface area contributed by atoms with Crippen molar-refractivity contribution in [3.8, 4) is 0 Å². The van der Waals surface area contributed by atoms with E-state index in [1.165, 1.54) is 11.8 Å². The second kappa shape index (κ2) is 6.11. The summed E-state index contributed by atoms with van der Waals surface area (Å²) in [6.45, 7) is 2.64. The predicted molar refractivity (Wildman–Crippen MR) is 69.6 cm³/mol. The quantitative estimate of drug-likeness (QED) is 0.471. The maximum atomic E-state index is 10.8. The highest BCUT2D eigenvalue weighted by Gasteiger charge is 2.12. The number of pyridine rings is 1. The van der Waals surface area contributed by atoms with Crippen molar-refractivity contribution in [3.05, 3.63) is 40.2 Å². The zero-order valence-corrected chi connectivity index (χ0v) is 10.1. The molecule has 2 rings (SSSR count). The van der Waals surface area contributed by atoms with Gasteiger partial charge in [-0.25, -0.2) is 0 Å². The molecule has 6 nitrogen and oxygen atoms in total. The Morgan fingerprint density at radius 2 is 2.44 bits per heavy atom. The molecule has 0 bridgehead atoms. The fourth-order valence-electron chi connectivity index (χ4n) is 1.94. The lowest BCUT2D eigenvalue weighted by Gasteiger charge is -2.14. The number of nitrogens with one attached hydrogen (secondary N) is 2. The molecular formula is C12H16N4O2. The highest BCUT2D eigenvalue weighted by Crippen LogP contribution is 2.22. The van der Waals surface area contributed by atoms with Gasteiger partial charge in [0.25, 0.3) is 0 Å². The fourth-order valence-corrected chi connectivity index (χ4v) is 1.94. The van der Waals surface area contributed by atoms with Crippen LogP contribution in [0.15, 0.2) is 30.1 Å². The Kier molecular flexibility index (Phi) is 4.25. The first-order valence-electron chi connectivity index (χ1n) is 5.98. The zero-order valence-electron chi connectivity index (χ0n) is 10.1. The van der Waals surface area contributed by atoms with Crippen molar-refractivity contribution >= 4 is 11.4 Å². The molecule has 1 aromatic heterocycles. The summed E-state index contributed by atoms with van der Waals surface area (Å²) in [6.07, 6.45) is 6.98. The molecule has 0 unspecified atom stereocenters. The number of rotatable bonds is 5. The van der Waals surface area contributed by atoms with Gasteiger partial charge >= 0.3 is 5.69 Å². The lowest BCUT2D eigenvalue weighted by atomic mass is 10.1. The van der Waals surface area contributed by atoms with Crippen LogP contribution in [0.4, 0.5) is 11.4 Å². The van der Waals surface area contributed by atoms with Crippen LogP contribution in [-0.2, 0) is 0 Å². The Hall–Kier alpha value is -1.95. The van der Waals surface area contributed by atoms with E-state index in [0.29, 0.717) is 12.2 Å². The Bertz CT molecular complexity index is 459. The molecule has 0 saturated heterocycles. The van der Waals surface area contributed by atoms with Gasteiger partial charge in [0.2, 0.25) is 0 Å². The summed E-state index contributed by atoms with van der Waals surface area (Å²) in [5.41, 5.74) is 1.96. The second-order valence-corrected chi connectivity index (χ2v) is 4.14. The number of nitrogens with zero attached hydrogens (tertiary/aromatic N) is 2. The second-order valence-electron chi connectivity index (χ2n) is 4.14. The van der Waals surface area contributed by atoms with E-state index in [9.17, 15) is 10.1 Å². The predicted octanol–water partition coefficient (Wildman–Crippen LogP) is 1.71. The number of aromatic nitrogens is 1. The van der Waals surface area contributed by atoms with Crippen LogP contribution in [0.2, 0.25) is 0 Å². The van der Waals surface area contributed by atoms with Crippen LogP contribution in [0, 0.1) is 10.1 Å². The third kappa shape index (κ3) is 3.27. The summed E-state index contributed by atoms with van der Waals surface area (Å²) < 4.78 is 0. The van der Waals surface area contributed by atoms with Crippen LogP contribution in [-0.4, -0.2) is 29.5 Å². The first kappa shape index (κ1) is 12.5. The first-order chi connectivity index (χ1) is 8.77. The molecule has 0 fully saturated rings. The molecule has 1 aliphatic rings. The summed E-state index contributed by atoms with van der Waals surface area (Å²) in [7, 11) is 0. The van der Waals surface area contributed by atoms with Gasteiger partial charge < -0.3 is 10.6 Å². The molecule has 18 heavy (non-hydrogen) atoms. The van der Waals surface area contributed by atoms with Crippen molar-refractivity contribution < 1.29 is 4.92 Å². The third-order valence-electron chi connectivity index (χ3n) is 2.92. The average molecular weight is 248 g/mol. The van der Waals surface area contributed by atoms with Crippen LogP contribution in [0.25, 0.3) is 0 Å². The number of hydrogen-bond acceptors (Lipinski definition) is 5. The maximum Gasteiger partial charge on any atom is 0.310 e. The summed E-state index contributed by atoms with van der Waals surface area (Å²) in [5, 5.41) is 17.1. The van der Waals surface area contributed by atoms with E-state index in [2.05, 4.69) is 21.7 Å².